The summed E-state index contributed by atoms with van der Waals surface area (Å²) in [7, 11) is 0. The van der Waals surface area contributed by atoms with Crippen molar-refractivity contribution in [3.05, 3.63) is 45.7 Å². The van der Waals surface area contributed by atoms with Crippen LogP contribution in [0.4, 0.5) is 0 Å². The van der Waals surface area contributed by atoms with Crippen LogP contribution in [-0.2, 0) is 0 Å². The third-order valence-electron chi connectivity index (χ3n) is 2.63. The van der Waals surface area contributed by atoms with E-state index in [-0.39, 0.29) is 5.56 Å². The van der Waals surface area contributed by atoms with Crippen LogP contribution in [0.25, 0.3) is 22.2 Å². The van der Waals surface area contributed by atoms with Crippen molar-refractivity contribution in [3.63, 3.8) is 0 Å². The van der Waals surface area contributed by atoms with E-state index in [1.54, 1.807) is 12.1 Å². The highest BCUT2D eigenvalue weighted by atomic mass is 79.9. The number of hydrogen-bond donors (Lipinski definition) is 1. The second-order valence-electron chi connectivity index (χ2n) is 3.90. The Morgan fingerprint density at radius 1 is 1.25 bits per heavy atom. The predicted molar refractivity (Wildman–Crippen MR) is 77.7 cm³/mol. The van der Waals surface area contributed by atoms with Crippen molar-refractivity contribution < 1.29 is 14.4 Å². The van der Waals surface area contributed by atoms with Crippen LogP contribution in [0, 0.1) is 0 Å². The van der Waals surface area contributed by atoms with Crippen LogP contribution in [0.5, 0.6) is 0 Å². The van der Waals surface area contributed by atoms with E-state index in [2.05, 4.69) is 26.1 Å². The Labute approximate surface area is 126 Å². The molecular weight excluding hydrogens is 344 g/mol. The molecule has 2 heterocycles. The zero-order valence-electron chi connectivity index (χ0n) is 9.91. The minimum atomic E-state index is -0.965. The molecule has 0 amide bonds. The van der Waals surface area contributed by atoms with Gasteiger partial charge < -0.3 is 9.63 Å². The summed E-state index contributed by atoms with van der Waals surface area (Å²) in [5.74, 6) is -0.103. The SMILES string of the molecule is O=C(O)c1ccc(-c2noc(-c3sccc3Br)n2)cc1. The average Bonchev–Trinajstić information content (AvgIpc) is 3.07. The van der Waals surface area contributed by atoms with Crippen molar-refractivity contribution >= 4 is 33.2 Å². The maximum Gasteiger partial charge on any atom is 0.335 e. The summed E-state index contributed by atoms with van der Waals surface area (Å²) in [4.78, 5) is 16.0. The minimum absolute atomic E-state index is 0.221. The zero-order chi connectivity index (χ0) is 14.1. The van der Waals surface area contributed by atoms with E-state index in [1.807, 2.05) is 11.4 Å². The van der Waals surface area contributed by atoms with Crippen molar-refractivity contribution in [2.45, 2.75) is 0 Å². The second kappa shape index (κ2) is 5.18. The van der Waals surface area contributed by atoms with E-state index in [1.165, 1.54) is 23.5 Å². The monoisotopic (exact) mass is 350 g/mol. The fourth-order valence-electron chi connectivity index (χ4n) is 1.64. The zero-order valence-corrected chi connectivity index (χ0v) is 12.3. The Morgan fingerprint density at radius 2 is 2.00 bits per heavy atom. The molecule has 0 saturated carbocycles. The Hall–Kier alpha value is -1.99. The minimum Gasteiger partial charge on any atom is -0.478 e. The molecular formula is C13H7BrN2O3S. The molecule has 100 valence electrons. The topological polar surface area (TPSA) is 76.2 Å². The Kier molecular flexibility index (Phi) is 3.37. The van der Waals surface area contributed by atoms with Crippen molar-refractivity contribution in [2.24, 2.45) is 0 Å². The van der Waals surface area contributed by atoms with Crippen LogP contribution in [-0.4, -0.2) is 21.2 Å². The van der Waals surface area contributed by atoms with E-state index >= 15 is 0 Å². The summed E-state index contributed by atoms with van der Waals surface area (Å²) in [6.07, 6.45) is 0. The van der Waals surface area contributed by atoms with Crippen LogP contribution in [0.1, 0.15) is 10.4 Å². The van der Waals surface area contributed by atoms with Crippen LogP contribution in [0.15, 0.2) is 44.7 Å². The van der Waals surface area contributed by atoms with Crippen molar-refractivity contribution in [2.75, 3.05) is 0 Å². The first kappa shape index (κ1) is 13.0. The summed E-state index contributed by atoms with van der Waals surface area (Å²) in [5, 5.41) is 14.7. The van der Waals surface area contributed by atoms with Gasteiger partial charge in [-0.2, -0.15) is 4.98 Å². The first-order valence-electron chi connectivity index (χ1n) is 5.56. The number of benzene rings is 1. The van der Waals surface area contributed by atoms with Gasteiger partial charge in [-0.3, -0.25) is 0 Å². The van der Waals surface area contributed by atoms with Gasteiger partial charge in [0.2, 0.25) is 5.82 Å². The number of carbonyl (C=O) groups is 1. The third kappa shape index (κ3) is 2.37. The number of nitrogens with zero attached hydrogens (tertiary/aromatic N) is 2. The molecule has 0 fully saturated rings. The molecule has 3 aromatic rings. The summed E-state index contributed by atoms with van der Waals surface area (Å²) < 4.78 is 6.13. The molecule has 0 radical (unpaired) electrons. The Balaban J connectivity index is 1.94. The first-order chi connectivity index (χ1) is 9.65. The molecule has 0 aliphatic heterocycles. The van der Waals surface area contributed by atoms with Gasteiger partial charge in [-0.1, -0.05) is 17.3 Å². The van der Waals surface area contributed by atoms with Crippen molar-refractivity contribution in [1.82, 2.24) is 10.1 Å². The van der Waals surface area contributed by atoms with E-state index in [0.29, 0.717) is 17.3 Å². The van der Waals surface area contributed by atoms with Gasteiger partial charge in [-0.15, -0.1) is 11.3 Å². The van der Waals surface area contributed by atoms with E-state index in [9.17, 15) is 4.79 Å². The lowest BCUT2D eigenvalue weighted by Crippen LogP contribution is -1.95. The number of thiophene rings is 1. The molecule has 0 atom stereocenters. The molecule has 0 spiro atoms. The summed E-state index contributed by atoms with van der Waals surface area (Å²) in [6.45, 7) is 0. The lowest BCUT2D eigenvalue weighted by Gasteiger charge is -1.95. The Morgan fingerprint density at radius 3 is 2.60 bits per heavy atom. The summed E-state index contributed by atoms with van der Waals surface area (Å²) in [5.41, 5.74) is 0.927. The molecule has 5 nitrogen and oxygen atoms in total. The molecule has 0 aliphatic carbocycles. The smallest absolute Gasteiger partial charge is 0.335 e. The van der Waals surface area contributed by atoms with E-state index in [0.717, 1.165) is 9.35 Å². The molecule has 1 aromatic carbocycles. The van der Waals surface area contributed by atoms with Crippen LogP contribution in [0.3, 0.4) is 0 Å². The van der Waals surface area contributed by atoms with E-state index < -0.39 is 5.97 Å². The average molecular weight is 351 g/mol. The second-order valence-corrected chi connectivity index (χ2v) is 5.67. The van der Waals surface area contributed by atoms with Gasteiger partial charge in [0.1, 0.15) is 4.88 Å². The fraction of sp³-hybridized carbons (Fsp3) is 0. The summed E-state index contributed by atoms with van der Waals surface area (Å²) in [6, 6.07) is 8.23. The maximum absolute atomic E-state index is 10.8. The molecule has 0 saturated heterocycles. The third-order valence-corrected chi connectivity index (χ3v) is 4.45. The number of rotatable bonds is 3. The summed E-state index contributed by atoms with van der Waals surface area (Å²) >= 11 is 4.91. The fourth-order valence-corrected chi connectivity index (χ4v) is 3.10. The normalized spacial score (nSPS) is 10.7. The molecule has 0 unspecified atom stereocenters. The van der Waals surface area contributed by atoms with Crippen LogP contribution in [0.2, 0.25) is 0 Å². The number of carboxylic acid groups (broad SMARTS) is 1. The molecule has 0 aliphatic rings. The van der Waals surface area contributed by atoms with Crippen molar-refractivity contribution in [3.8, 4) is 22.2 Å². The predicted octanol–water partition coefficient (Wildman–Crippen LogP) is 3.93. The molecule has 3 rings (SSSR count). The van der Waals surface area contributed by atoms with Gasteiger partial charge in [0.15, 0.2) is 0 Å². The number of halogens is 1. The lowest BCUT2D eigenvalue weighted by molar-refractivity contribution is 0.0697. The molecule has 2 aromatic heterocycles. The number of carboxylic acids is 1. The number of aromatic carboxylic acids is 1. The van der Waals surface area contributed by atoms with Gasteiger partial charge in [-0.05, 0) is 39.5 Å². The van der Waals surface area contributed by atoms with Gasteiger partial charge >= 0.3 is 5.97 Å². The molecule has 7 heteroatoms. The Bertz CT molecular complexity index is 764. The number of hydrogen-bond acceptors (Lipinski definition) is 5. The largest absolute Gasteiger partial charge is 0.478 e. The number of aromatic nitrogens is 2. The van der Waals surface area contributed by atoms with Crippen LogP contribution >= 0.6 is 27.3 Å². The van der Waals surface area contributed by atoms with Gasteiger partial charge in [-0.25, -0.2) is 4.79 Å². The van der Waals surface area contributed by atoms with Crippen molar-refractivity contribution in [1.29, 1.82) is 0 Å². The lowest BCUT2D eigenvalue weighted by atomic mass is 10.1. The van der Waals surface area contributed by atoms with Gasteiger partial charge in [0.05, 0.1) is 5.56 Å². The molecule has 0 bridgehead atoms. The van der Waals surface area contributed by atoms with Gasteiger partial charge in [0.25, 0.3) is 5.89 Å². The highest BCUT2D eigenvalue weighted by Gasteiger charge is 2.14. The quantitative estimate of drug-likeness (QED) is 0.774. The molecule has 1 N–H and O–H groups in total. The standard InChI is InChI=1S/C13H7BrN2O3S/c14-9-5-6-20-10(9)12-15-11(16-19-12)7-1-3-8(4-2-7)13(17)18/h1-6H,(H,17,18). The first-order valence-corrected chi connectivity index (χ1v) is 7.23. The molecule has 20 heavy (non-hydrogen) atoms. The maximum atomic E-state index is 10.8. The highest BCUT2D eigenvalue weighted by molar-refractivity contribution is 9.10. The van der Waals surface area contributed by atoms with Crippen LogP contribution < -0.4 is 0 Å². The highest BCUT2D eigenvalue weighted by Crippen LogP contribution is 2.33. The van der Waals surface area contributed by atoms with E-state index in [4.69, 9.17) is 9.63 Å². The van der Waals surface area contributed by atoms with Gasteiger partial charge in [0, 0.05) is 10.0 Å².